The summed E-state index contributed by atoms with van der Waals surface area (Å²) in [6, 6.07) is 4.24. The molecule has 98 valence electrons. The quantitative estimate of drug-likeness (QED) is 0.880. The molecular formula is C15H21NO2. The van der Waals surface area contributed by atoms with Gasteiger partial charge in [-0.05, 0) is 30.5 Å². The van der Waals surface area contributed by atoms with Crippen molar-refractivity contribution in [2.75, 3.05) is 7.11 Å². The van der Waals surface area contributed by atoms with E-state index in [1.807, 2.05) is 6.07 Å². The lowest BCUT2D eigenvalue weighted by Crippen LogP contribution is -1.98. The van der Waals surface area contributed by atoms with Crippen LogP contribution in [0, 0.1) is 0 Å². The molecule has 1 aromatic carbocycles. The van der Waals surface area contributed by atoms with Gasteiger partial charge in [-0.1, -0.05) is 20.3 Å². The molecule has 1 heterocycles. The summed E-state index contributed by atoms with van der Waals surface area (Å²) in [6.07, 6.45) is 3.07. The van der Waals surface area contributed by atoms with Gasteiger partial charge in [0.15, 0.2) is 11.3 Å². The summed E-state index contributed by atoms with van der Waals surface area (Å²) in [5.41, 5.74) is 9.11. The molecule has 0 fully saturated rings. The summed E-state index contributed by atoms with van der Waals surface area (Å²) in [5, 5.41) is 1.16. The summed E-state index contributed by atoms with van der Waals surface area (Å²) in [7, 11) is 1.68. The minimum absolute atomic E-state index is 0.439. The van der Waals surface area contributed by atoms with E-state index in [4.69, 9.17) is 14.9 Å². The van der Waals surface area contributed by atoms with Crippen LogP contribution in [-0.4, -0.2) is 7.11 Å². The highest BCUT2D eigenvalue weighted by atomic mass is 16.5. The van der Waals surface area contributed by atoms with Crippen molar-refractivity contribution in [3.63, 3.8) is 0 Å². The first kappa shape index (κ1) is 13.0. The zero-order valence-electron chi connectivity index (χ0n) is 11.4. The topological polar surface area (TPSA) is 48.4 Å². The molecule has 0 spiro atoms. The predicted molar refractivity (Wildman–Crippen MR) is 74.0 cm³/mol. The highest BCUT2D eigenvalue weighted by molar-refractivity contribution is 5.88. The molecule has 0 bridgehead atoms. The molecule has 18 heavy (non-hydrogen) atoms. The van der Waals surface area contributed by atoms with Crippen LogP contribution in [0.15, 0.2) is 16.5 Å². The van der Waals surface area contributed by atoms with Gasteiger partial charge < -0.3 is 14.9 Å². The fourth-order valence-electron chi connectivity index (χ4n) is 2.37. The third kappa shape index (κ3) is 2.10. The molecule has 3 heteroatoms. The van der Waals surface area contributed by atoms with Crippen LogP contribution in [0.1, 0.15) is 37.2 Å². The third-order valence-corrected chi connectivity index (χ3v) is 3.32. The largest absolute Gasteiger partial charge is 0.493 e. The minimum Gasteiger partial charge on any atom is -0.493 e. The van der Waals surface area contributed by atoms with Gasteiger partial charge in [-0.2, -0.15) is 0 Å². The standard InChI is InChI=1S/C15H21NO2/c1-4-6-11-12-7-10(5-2)8-13(17-3)15(12)18-14(11)9-16/h7-8H,4-6,9,16H2,1-3H3. The average molecular weight is 247 g/mol. The number of fused-ring (bicyclic) bond motifs is 1. The van der Waals surface area contributed by atoms with E-state index in [0.717, 1.165) is 41.7 Å². The number of ether oxygens (including phenoxy) is 1. The Bertz CT molecular complexity index is 543. The van der Waals surface area contributed by atoms with Crippen molar-refractivity contribution in [3.05, 3.63) is 29.0 Å². The molecule has 0 atom stereocenters. The van der Waals surface area contributed by atoms with Gasteiger partial charge in [0.1, 0.15) is 5.76 Å². The van der Waals surface area contributed by atoms with Gasteiger partial charge in [0.05, 0.1) is 13.7 Å². The molecule has 0 amide bonds. The highest BCUT2D eigenvalue weighted by Gasteiger charge is 2.16. The lowest BCUT2D eigenvalue weighted by Gasteiger charge is -2.04. The van der Waals surface area contributed by atoms with Crippen LogP contribution in [0.4, 0.5) is 0 Å². The molecule has 2 rings (SSSR count). The van der Waals surface area contributed by atoms with Gasteiger partial charge in [-0.15, -0.1) is 0 Å². The number of nitrogens with two attached hydrogens (primary N) is 1. The van der Waals surface area contributed by atoms with Crippen LogP contribution in [0.25, 0.3) is 11.0 Å². The molecule has 0 saturated heterocycles. The Balaban J connectivity index is 2.71. The van der Waals surface area contributed by atoms with Crippen LogP contribution >= 0.6 is 0 Å². The number of methoxy groups -OCH3 is 1. The van der Waals surface area contributed by atoms with E-state index in [1.54, 1.807) is 7.11 Å². The smallest absolute Gasteiger partial charge is 0.176 e. The summed E-state index contributed by atoms with van der Waals surface area (Å²) in [4.78, 5) is 0. The molecule has 0 aliphatic heterocycles. The number of hydrogen-bond donors (Lipinski definition) is 1. The third-order valence-electron chi connectivity index (χ3n) is 3.32. The monoisotopic (exact) mass is 247 g/mol. The molecule has 0 unspecified atom stereocenters. The Hall–Kier alpha value is -1.48. The molecule has 3 nitrogen and oxygen atoms in total. The molecule has 1 aromatic heterocycles. The molecule has 0 radical (unpaired) electrons. The maximum absolute atomic E-state index is 5.87. The van der Waals surface area contributed by atoms with Gasteiger partial charge in [-0.25, -0.2) is 0 Å². The zero-order valence-corrected chi connectivity index (χ0v) is 11.4. The molecule has 2 N–H and O–H groups in total. The van der Waals surface area contributed by atoms with Crippen LogP contribution in [-0.2, 0) is 19.4 Å². The summed E-state index contributed by atoms with van der Waals surface area (Å²) >= 11 is 0. The second-order valence-electron chi connectivity index (χ2n) is 4.49. The molecule has 2 aromatic rings. The van der Waals surface area contributed by atoms with E-state index in [0.29, 0.717) is 6.54 Å². The molecular weight excluding hydrogens is 226 g/mol. The second-order valence-corrected chi connectivity index (χ2v) is 4.49. The molecule has 0 aliphatic rings. The Morgan fingerprint density at radius 3 is 2.61 bits per heavy atom. The number of aryl methyl sites for hydroxylation is 2. The van der Waals surface area contributed by atoms with Crippen molar-refractivity contribution in [3.8, 4) is 5.75 Å². The molecule has 0 aliphatic carbocycles. The van der Waals surface area contributed by atoms with Crippen molar-refractivity contribution in [2.45, 2.75) is 39.7 Å². The van der Waals surface area contributed by atoms with Crippen molar-refractivity contribution < 1.29 is 9.15 Å². The summed E-state index contributed by atoms with van der Waals surface area (Å²) in [5.74, 6) is 1.69. The first-order chi connectivity index (χ1) is 8.74. The van der Waals surface area contributed by atoms with Gasteiger partial charge in [-0.3, -0.25) is 0 Å². The second kappa shape index (κ2) is 5.44. The fraction of sp³-hybridized carbons (Fsp3) is 0.467. The number of benzene rings is 1. The molecule has 0 saturated carbocycles. The van der Waals surface area contributed by atoms with Crippen LogP contribution < -0.4 is 10.5 Å². The van der Waals surface area contributed by atoms with Crippen molar-refractivity contribution >= 4 is 11.0 Å². The Morgan fingerprint density at radius 2 is 2.06 bits per heavy atom. The summed E-state index contributed by atoms with van der Waals surface area (Å²) < 4.78 is 11.3. The Morgan fingerprint density at radius 1 is 1.28 bits per heavy atom. The van der Waals surface area contributed by atoms with E-state index in [2.05, 4.69) is 19.9 Å². The number of hydrogen-bond acceptors (Lipinski definition) is 3. The predicted octanol–water partition coefficient (Wildman–Crippen LogP) is 3.42. The highest BCUT2D eigenvalue weighted by Crippen LogP contribution is 2.35. The lowest BCUT2D eigenvalue weighted by atomic mass is 10.0. The van der Waals surface area contributed by atoms with E-state index in [9.17, 15) is 0 Å². The summed E-state index contributed by atoms with van der Waals surface area (Å²) in [6.45, 7) is 4.75. The van der Waals surface area contributed by atoms with Gasteiger partial charge in [0.2, 0.25) is 0 Å². The SMILES string of the molecule is CCCc1c(CN)oc2c(OC)cc(CC)cc12. The van der Waals surface area contributed by atoms with E-state index in [-0.39, 0.29) is 0 Å². The first-order valence-corrected chi connectivity index (χ1v) is 6.56. The maximum atomic E-state index is 5.87. The number of rotatable bonds is 5. The van der Waals surface area contributed by atoms with E-state index < -0.39 is 0 Å². The number of furan rings is 1. The van der Waals surface area contributed by atoms with E-state index in [1.165, 1.54) is 11.1 Å². The maximum Gasteiger partial charge on any atom is 0.176 e. The van der Waals surface area contributed by atoms with E-state index >= 15 is 0 Å². The van der Waals surface area contributed by atoms with Crippen molar-refractivity contribution in [1.82, 2.24) is 0 Å². The first-order valence-electron chi connectivity index (χ1n) is 6.56. The Kier molecular flexibility index (Phi) is 3.92. The lowest BCUT2D eigenvalue weighted by molar-refractivity contribution is 0.407. The van der Waals surface area contributed by atoms with Crippen LogP contribution in [0.2, 0.25) is 0 Å². The van der Waals surface area contributed by atoms with Crippen molar-refractivity contribution in [2.24, 2.45) is 5.73 Å². The van der Waals surface area contributed by atoms with Crippen LogP contribution in [0.5, 0.6) is 5.75 Å². The fourth-order valence-corrected chi connectivity index (χ4v) is 2.37. The van der Waals surface area contributed by atoms with Crippen LogP contribution in [0.3, 0.4) is 0 Å². The van der Waals surface area contributed by atoms with Gasteiger partial charge >= 0.3 is 0 Å². The van der Waals surface area contributed by atoms with Gasteiger partial charge in [0, 0.05) is 10.9 Å². The zero-order chi connectivity index (χ0) is 13.1. The Labute approximate surface area is 108 Å². The minimum atomic E-state index is 0.439. The van der Waals surface area contributed by atoms with Gasteiger partial charge in [0.25, 0.3) is 0 Å². The van der Waals surface area contributed by atoms with Crippen molar-refractivity contribution in [1.29, 1.82) is 0 Å². The normalized spacial score (nSPS) is 11.1. The average Bonchev–Trinajstić information content (AvgIpc) is 2.76.